The van der Waals surface area contributed by atoms with Crippen molar-refractivity contribution >= 4 is 23.3 Å². The number of nitrogens with one attached hydrogen (secondary N) is 1. The minimum Gasteiger partial charge on any atom is -0.366 e. The predicted octanol–water partition coefficient (Wildman–Crippen LogP) is 3.01. The van der Waals surface area contributed by atoms with Crippen LogP contribution in [-0.2, 0) is 0 Å². The maximum absolute atomic E-state index is 12.6. The van der Waals surface area contributed by atoms with Crippen molar-refractivity contribution in [3.05, 3.63) is 52.7 Å². The van der Waals surface area contributed by atoms with Crippen LogP contribution in [0.25, 0.3) is 0 Å². The van der Waals surface area contributed by atoms with Crippen LogP contribution in [0.2, 0.25) is 0 Å². The highest BCUT2D eigenvalue weighted by molar-refractivity contribution is 6.05. The summed E-state index contributed by atoms with van der Waals surface area (Å²) >= 11 is 0. The van der Waals surface area contributed by atoms with Crippen molar-refractivity contribution in [3.8, 4) is 0 Å². The number of carbonyl (C=O) groups is 2. The molecule has 3 rings (SSSR count). The Bertz CT molecular complexity index is 846. The summed E-state index contributed by atoms with van der Waals surface area (Å²) in [5.41, 5.74) is 9.49. The second kappa shape index (κ2) is 9.96. The molecule has 1 heterocycles. The fourth-order valence-corrected chi connectivity index (χ4v) is 3.46. The topological polar surface area (TPSA) is 122 Å². The van der Waals surface area contributed by atoms with E-state index in [4.69, 9.17) is 10.9 Å². The third-order valence-corrected chi connectivity index (χ3v) is 4.89. The number of anilines is 1. The van der Waals surface area contributed by atoms with Gasteiger partial charge in [0.1, 0.15) is 5.82 Å². The summed E-state index contributed by atoms with van der Waals surface area (Å²) in [4.78, 5) is 28.7. The molecule has 7 heteroatoms. The summed E-state index contributed by atoms with van der Waals surface area (Å²) in [6.07, 6.45) is 5.97. The van der Waals surface area contributed by atoms with Gasteiger partial charge in [-0.2, -0.15) is 5.48 Å². The lowest BCUT2D eigenvalue weighted by molar-refractivity contribution is -0.825. The van der Waals surface area contributed by atoms with E-state index in [9.17, 15) is 9.59 Å². The molecule has 0 saturated heterocycles. The standard InChI is InChI=1S/C19H22N4O3.C2H6/c1-11-6-7-13(23-26)8-14(11)19(25)22-17-9-15(18(20)24)16(10-21-17)12-4-2-3-5-12;1-2/h6-10,12,23,26H,2-5H2,1H3,(H2,20,24)(H,21,22,25);1-2H3/p+1. The van der Waals surface area contributed by atoms with Crippen LogP contribution in [-0.4, -0.2) is 22.0 Å². The quantitative estimate of drug-likeness (QED) is 0.467. The molecule has 1 aromatic carbocycles. The van der Waals surface area contributed by atoms with E-state index >= 15 is 0 Å². The third-order valence-electron chi connectivity index (χ3n) is 4.89. The summed E-state index contributed by atoms with van der Waals surface area (Å²) in [5.74, 6) is -0.294. The van der Waals surface area contributed by atoms with Gasteiger partial charge in [0.2, 0.25) is 5.91 Å². The zero-order valence-electron chi connectivity index (χ0n) is 16.7. The molecular weight excluding hydrogens is 356 g/mol. The van der Waals surface area contributed by atoms with Gasteiger partial charge in [0.15, 0.2) is 5.69 Å². The molecule has 0 bridgehead atoms. The number of amides is 2. The average molecular weight is 385 g/mol. The average Bonchev–Trinajstić information content (AvgIpc) is 3.24. The van der Waals surface area contributed by atoms with Gasteiger partial charge in [0, 0.05) is 29.5 Å². The largest absolute Gasteiger partial charge is 0.366 e. The van der Waals surface area contributed by atoms with E-state index in [2.05, 4.69) is 10.3 Å². The van der Waals surface area contributed by atoms with Crippen molar-refractivity contribution in [3.63, 3.8) is 0 Å². The maximum Gasteiger partial charge on any atom is 0.257 e. The van der Waals surface area contributed by atoms with Crippen molar-refractivity contribution in [2.75, 3.05) is 5.32 Å². The predicted molar refractivity (Wildman–Crippen MR) is 108 cm³/mol. The molecule has 0 aliphatic heterocycles. The normalized spacial score (nSPS) is 13.6. The van der Waals surface area contributed by atoms with Crippen LogP contribution in [0, 0.1) is 6.92 Å². The first-order valence-corrected chi connectivity index (χ1v) is 9.68. The molecule has 0 unspecified atom stereocenters. The highest BCUT2D eigenvalue weighted by Crippen LogP contribution is 2.36. The molecule has 28 heavy (non-hydrogen) atoms. The summed E-state index contributed by atoms with van der Waals surface area (Å²) in [6.45, 7) is 5.81. The van der Waals surface area contributed by atoms with Crippen LogP contribution < -0.4 is 16.5 Å². The van der Waals surface area contributed by atoms with E-state index in [0.717, 1.165) is 42.3 Å². The van der Waals surface area contributed by atoms with E-state index in [1.165, 1.54) is 0 Å². The molecule has 7 nitrogen and oxygen atoms in total. The molecule has 6 N–H and O–H groups in total. The fourth-order valence-electron chi connectivity index (χ4n) is 3.46. The lowest BCUT2D eigenvalue weighted by Crippen LogP contribution is -2.73. The van der Waals surface area contributed by atoms with E-state index in [1.54, 1.807) is 30.5 Å². The van der Waals surface area contributed by atoms with Crippen LogP contribution >= 0.6 is 0 Å². The van der Waals surface area contributed by atoms with Crippen molar-refractivity contribution in [1.82, 2.24) is 4.98 Å². The van der Waals surface area contributed by atoms with Gasteiger partial charge in [0.25, 0.3) is 5.91 Å². The summed E-state index contributed by atoms with van der Waals surface area (Å²) in [6, 6.07) is 6.60. The number of pyridine rings is 1. The Morgan fingerprint density at radius 2 is 1.86 bits per heavy atom. The molecule has 0 atom stereocenters. The van der Waals surface area contributed by atoms with E-state index in [1.807, 2.05) is 20.8 Å². The first kappa shape index (κ1) is 21.5. The molecule has 150 valence electrons. The second-order valence-corrected chi connectivity index (χ2v) is 6.66. The molecule has 1 aromatic heterocycles. The van der Waals surface area contributed by atoms with Crippen LogP contribution in [0.5, 0.6) is 0 Å². The number of nitrogens with zero attached hydrogens (tertiary/aromatic N) is 1. The van der Waals surface area contributed by atoms with Crippen molar-refractivity contribution in [2.45, 2.75) is 52.4 Å². The smallest absolute Gasteiger partial charge is 0.257 e. The zero-order valence-corrected chi connectivity index (χ0v) is 16.7. The number of primary amides is 1. The van der Waals surface area contributed by atoms with Gasteiger partial charge in [-0.25, -0.2) is 10.2 Å². The lowest BCUT2D eigenvalue weighted by atomic mass is 9.94. The third kappa shape index (κ3) is 4.94. The molecule has 0 spiro atoms. The number of hydrogen-bond acceptors (Lipinski definition) is 4. The van der Waals surface area contributed by atoms with E-state index in [0.29, 0.717) is 22.7 Å². The van der Waals surface area contributed by atoms with Crippen LogP contribution in [0.15, 0.2) is 30.5 Å². The number of benzene rings is 1. The first-order chi connectivity index (χ1) is 13.5. The minimum absolute atomic E-state index is 0.281. The summed E-state index contributed by atoms with van der Waals surface area (Å²) in [5, 5.41) is 11.8. The number of aryl methyl sites for hydroxylation is 1. The molecule has 1 aliphatic carbocycles. The van der Waals surface area contributed by atoms with Crippen molar-refractivity contribution < 1.29 is 20.3 Å². The highest BCUT2D eigenvalue weighted by atomic mass is 16.5. The molecule has 1 fully saturated rings. The van der Waals surface area contributed by atoms with Crippen LogP contribution in [0.3, 0.4) is 0 Å². The molecular formula is C21H29N4O3+. The number of rotatable bonds is 5. The van der Waals surface area contributed by atoms with Gasteiger partial charge in [-0.05, 0) is 42.9 Å². The van der Waals surface area contributed by atoms with Gasteiger partial charge in [-0.15, -0.1) is 0 Å². The van der Waals surface area contributed by atoms with Gasteiger partial charge >= 0.3 is 0 Å². The van der Waals surface area contributed by atoms with Crippen LogP contribution in [0.4, 0.5) is 11.5 Å². The number of quaternary nitrogens is 1. The Morgan fingerprint density at radius 1 is 1.18 bits per heavy atom. The van der Waals surface area contributed by atoms with Gasteiger partial charge in [-0.1, -0.05) is 32.8 Å². The molecule has 1 saturated carbocycles. The minimum atomic E-state index is -0.516. The van der Waals surface area contributed by atoms with Crippen LogP contribution in [0.1, 0.15) is 77.3 Å². The summed E-state index contributed by atoms with van der Waals surface area (Å²) < 4.78 is 0. The number of carbonyl (C=O) groups excluding carboxylic acids is 2. The first-order valence-electron chi connectivity index (χ1n) is 9.68. The van der Waals surface area contributed by atoms with Gasteiger partial charge in [0.05, 0.1) is 0 Å². The zero-order chi connectivity index (χ0) is 20.7. The molecule has 1 aliphatic rings. The lowest BCUT2D eigenvalue weighted by Gasteiger charge is -2.15. The van der Waals surface area contributed by atoms with Crippen molar-refractivity contribution in [2.24, 2.45) is 5.73 Å². The van der Waals surface area contributed by atoms with Gasteiger partial charge in [-0.3, -0.25) is 9.59 Å². The fraction of sp³-hybridized carbons (Fsp3) is 0.381. The summed E-state index contributed by atoms with van der Waals surface area (Å²) in [7, 11) is 0. The Balaban J connectivity index is 0.00000136. The molecule has 0 radical (unpaired) electrons. The Hall–Kier alpha value is -2.77. The Labute approximate surface area is 165 Å². The van der Waals surface area contributed by atoms with Gasteiger partial charge < -0.3 is 11.1 Å². The van der Waals surface area contributed by atoms with E-state index < -0.39 is 5.91 Å². The Kier molecular flexibility index (Phi) is 7.66. The second-order valence-electron chi connectivity index (χ2n) is 6.66. The molecule has 2 aromatic rings. The number of aromatic nitrogens is 1. The SMILES string of the molecule is CC.Cc1ccc([NH2+]O)cc1C(=O)Nc1cc(C(N)=O)c(C2CCCC2)cn1. The number of hydrogen-bond donors (Lipinski definition) is 4. The van der Waals surface area contributed by atoms with Crippen molar-refractivity contribution in [1.29, 1.82) is 0 Å². The maximum atomic E-state index is 12.6. The monoisotopic (exact) mass is 385 g/mol. The number of nitrogens with two attached hydrogens (primary N) is 2. The Morgan fingerprint density at radius 3 is 2.46 bits per heavy atom. The highest BCUT2D eigenvalue weighted by Gasteiger charge is 2.23. The van der Waals surface area contributed by atoms with E-state index in [-0.39, 0.29) is 11.7 Å². The molecule has 2 amide bonds.